The molecule has 1 aromatic rings. The van der Waals surface area contributed by atoms with E-state index in [-0.39, 0.29) is 13.0 Å². The molecule has 0 bridgehead atoms. The topological polar surface area (TPSA) is 43.4 Å². The van der Waals surface area contributed by atoms with Crippen LogP contribution in [0.4, 0.5) is 0 Å². The van der Waals surface area contributed by atoms with Gasteiger partial charge in [-0.05, 0) is 0 Å². The SMILES string of the molecule is COCCC(=O)C(=O)c1ccccc1. The Labute approximate surface area is 82.7 Å². The predicted molar refractivity (Wildman–Crippen MR) is 52.3 cm³/mol. The van der Waals surface area contributed by atoms with Crippen LogP contribution in [0.2, 0.25) is 0 Å². The standard InChI is InChI=1S/C11H12O3/c1-14-8-7-10(12)11(13)9-5-3-2-4-6-9/h2-6H,7-8H2,1H3. The van der Waals surface area contributed by atoms with Crippen LogP contribution in [0.1, 0.15) is 16.8 Å². The second kappa shape index (κ2) is 5.29. The molecule has 0 aliphatic heterocycles. The Morgan fingerprint density at radius 3 is 2.43 bits per heavy atom. The number of ketones is 2. The molecule has 0 amide bonds. The van der Waals surface area contributed by atoms with Crippen molar-refractivity contribution in [1.82, 2.24) is 0 Å². The molecular formula is C11H12O3. The third-order valence-corrected chi connectivity index (χ3v) is 1.82. The lowest BCUT2D eigenvalue weighted by Crippen LogP contribution is -2.15. The highest BCUT2D eigenvalue weighted by molar-refractivity contribution is 6.43. The summed E-state index contributed by atoms with van der Waals surface area (Å²) in [5, 5.41) is 0. The maximum absolute atomic E-state index is 11.4. The quantitative estimate of drug-likeness (QED) is 0.524. The van der Waals surface area contributed by atoms with E-state index in [1.165, 1.54) is 7.11 Å². The van der Waals surface area contributed by atoms with Gasteiger partial charge in [-0.15, -0.1) is 0 Å². The summed E-state index contributed by atoms with van der Waals surface area (Å²) in [6, 6.07) is 8.53. The number of methoxy groups -OCH3 is 1. The minimum Gasteiger partial charge on any atom is -0.384 e. The smallest absolute Gasteiger partial charge is 0.228 e. The molecule has 14 heavy (non-hydrogen) atoms. The minimum atomic E-state index is -0.442. The van der Waals surface area contributed by atoms with Gasteiger partial charge < -0.3 is 4.74 Å². The number of hydrogen-bond acceptors (Lipinski definition) is 3. The first-order chi connectivity index (χ1) is 6.75. The molecule has 0 aliphatic carbocycles. The Balaban J connectivity index is 2.62. The van der Waals surface area contributed by atoms with Crippen molar-refractivity contribution in [3.8, 4) is 0 Å². The fourth-order valence-electron chi connectivity index (χ4n) is 1.06. The van der Waals surface area contributed by atoms with Gasteiger partial charge in [0.1, 0.15) is 0 Å². The number of rotatable bonds is 5. The molecule has 0 N–H and O–H groups in total. The minimum absolute atomic E-state index is 0.143. The van der Waals surface area contributed by atoms with Crippen LogP contribution in [0.5, 0.6) is 0 Å². The van der Waals surface area contributed by atoms with Crippen molar-refractivity contribution in [3.63, 3.8) is 0 Å². The molecule has 3 heteroatoms. The zero-order valence-electron chi connectivity index (χ0n) is 8.03. The summed E-state index contributed by atoms with van der Waals surface area (Å²) in [4.78, 5) is 22.7. The summed E-state index contributed by atoms with van der Waals surface area (Å²) in [6.07, 6.45) is 0.143. The van der Waals surface area contributed by atoms with Crippen molar-refractivity contribution >= 4 is 11.6 Å². The fraction of sp³-hybridized carbons (Fsp3) is 0.273. The number of carbonyl (C=O) groups excluding carboxylic acids is 2. The van der Waals surface area contributed by atoms with Crippen LogP contribution in [-0.2, 0) is 9.53 Å². The number of benzene rings is 1. The number of ether oxygens (including phenoxy) is 1. The predicted octanol–water partition coefficient (Wildman–Crippen LogP) is 1.47. The molecule has 74 valence electrons. The Morgan fingerprint density at radius 2 is 1.86 bits per heavy atom. The van der Waals surface area contributed by atoms with Crippen LogP contribution in [0.25, 0.3) is 0 Å². The van der Waals surface area contributed by atoms with Crippen molar-refractivity contribution in [2.45, 2.75) is 6.42 Å². The summed E-state index contributed by atoms with van der Waals surface area (Å²) in [7, 11) is 1.50. The fourth-order valence-corrected chi connectivity index (χ4v) is 1.06. The molecule has 0 heterocycles. The first-order valence-corrected chi connectivity index (χ1v) is 4.37. The average Bonchev–Trinajstić information content (AvgIpc) is 2.26. The lowest BCUT2D eigenvalue weighted by atomic mass is 10.1. The van der Waals surface area contributed by atoms with Gasteiger partial charge in [0.15, 0.2) is 0 Å². The van der Waals surface area contributed by atoms with E-state index in [0.717, 1.165) is 0 Å². The third kappa shape index (κ3) is 2.78. The van der Waals surface area contributed by atoms with Crippen LogP contribution < -0.4 is 0 Å². The van der Waals surface area contributed by atoms with E-state index < -0.39 is 11.6 Å². The number of carbonyl (C=O) groups is 2. The molecule has 0 atom stereocenters. The summed E-state index contributed by atoms with van der Waals surface area (Å²) in [6.45, 7) is 0.289. The third-order valence-electron chi connectivity index (χ3n) is 1.82. The second-order valence-corrected chi connectivity index (χ2v) is 2.86. The van der Waals surface area contributed by atoms with Gasteiger partial charge >= 0.3 is 0 Å². The van der Waals surface area contributed by atoms with Crippen LogP contribution in [0, 0.1) is 0 Å². The summed E-state index contributed by atoms with van der Waals surface area (Å²) in [5.41, 5.74) is 0.439. The summed E-state index contributed by atoms with van der Waals surface area (Å²) in [5.74, 6) is -0.847. The van der Waals surface area contributed by atoms with Crippen molar-refractivity contribution in [3.05, 3.63) is 35.9 Å². The van der Waals surface area contributed by atoms with E-state index in [2.05, 4.69) is 0 Å². The Kier molecular flexibility index (Phi) is 4.01. The Hall–Kier alpha value is -1.48. The molecule has 0 aromatic heterocycles. The van der Waals surface area contributed by atoms with Crippen LogP contribution in [0.15, 0.2) is 30.3 Å². The molecule has 0 radical (unpaired) electrons. The first-order valence-electron chi connectivity index (χ1n) is 4.37. The van der Waals surface area contributed by atoms with Gasteiger partial charge in [0.25, 0.3) is 0 Å². The van der Waals surface area contributed by atoms with Crippen LogP contribution >= 0.6 is 0 Å². The van der Waals surface area contributed by atoms with E-state index in [0.29, 0.717) is 5.56 Å². The highest BCUT2D eigenvalue weighted by atomic mass is 16.5. The maximum atomic E-state index is 11.4. The molecule has 0 saturated heterocycles. The lowest BCUT2D eigenvalue weighted by molar-refractivity contribution is -0.115. The van der Waals surface area contributed by atoms with Gasteiger partial charge in [0, 0.05) is 19.1 Å². The maximum Gasteiger partial charge on any atom is 0.228 e. The van der Waals surface area contributed by atoms with E-state index in [4.69, 9.17) is 4.74 Å². The van der Waals surface area contributed by atoms with Gasteiger partial charge in [0.2, 0.25) is 11.6 Å². The van der Waals surface area contributed by atoms with E-state index in [1.807, 2.05) is 0 Å². The van der Waals surface area contributed by atoms with Crippen molar-refractivity contribution in [2.75, 3.05) is 13.7 Å². The molecule has 1 rings (SSSR count). The number of Topliss-reactive ketones (excluding diaryl/α,β-unsaturated/α-hetero) is 2. The molecule has 0 spiro atoms. The lowest BCUT2D eigenvalue weighted by Gasteiger charge is -1.99. The van der Waals surface area contributed by atoms with Gasteiger partial charge in [-0.3, -0.25) is 9.59 Å². The van der Waals surface area contributed by atoms with Crippen LogP contribution in [-0.4, -0.2) is 25.3 Å². The normalized spacial score (nSPS) is 9.79. The monoisotopic (exact) mass is 192 g/mol. The Morgan fingerprint density at radius 1 is 1.21 bits per heavy atom. The van der Waals surface area contributed by atoms with E-state index >= 15 is 0 Å². The largest absolute Gasteiger partial charge is 0.384 e. The summed E-state index contributed by atoms with van der Waals surface area (Å²) >= 11 is 0. The zero-order chi connectivity index (χ0) is 10.4. The molecule has 0 unspecified atom stereocenters. The first kappa shape index (κ1) is 10.6. The molecule has 3 nitrogen and oxygen atoms in total. The van der Waals surface area contributed by atoms with Gasteiger partial charge in [-0.25, -0.2) is 0 Å². The number of hydrogen-bond donors (Lipinski definition) is 0. The van der Waals surface area contributed by atoms with Gasteiger partial charge in [-0.1, -0.05) is 30.3 Å². The van der Waals surface area contributed by atoms with Crippen LogP contribution in [0.3, 0.4) is 0 Å². The van der Waals surface area contributed by atoms with Crippen molar-refractivity contribution < 1.29 is 14.3 Å². The average molecular weight is 192 g/mol. The van der Waals surface area contributed by atoms with E-state index in [9.17, 15) is 9.59 Å². The molecule has 0 fully saturated rings. The molecule has 0 saturated carbocycles. The molecule has 0 aliphatic rings. The van der Waals surface area contributed by atoms with Crippen molar-refractivity contribution in [2.24, 2.45) is 0 Å². The zero-order valence-corrected chi connectivity index (χ0v) is 8.03. The molecular weight excluding hydrogens is 180 g/mol. The highest BCUT2D eigenvalue weighted by Gasteiger charge is 2.14. The van der Waals surface area contributed by atoms with Gasteiger partial charge in [0.05, 0.1) is 6.61 Å². The Bertz CT molecular complexity index is 317. The molecule has 1 aromatic carbocycles. The van der Waals surface area contributed by atoms with Gasteiger partial charge in [-0.2, -0.15) is 0 Å². The highest BCUT2D eigenvalue weighted by Crippen LogP contribution is 2.02. The second-order valence-electron chi connectivity index (χ2n) is 2.86. The summed E-state index contributed by atoms with van der Waals surface area (Å²) < 4.78 is 4.73. The van der Waals surface area contributed by atoms with Crippen molar-refractivity contribution in [1.29, 1.82) is 0 Å². The van der Waals surface area contributed by atoms with E-state index in [1.54, 1.807) is 30.3 Å².